The van der Waals surface area contributed by atoms with E-state index in [9.17, 15) is 0 Å². The first-order valence-corrected chi connectivity index (χ1v) is 13.4. The zero-order valence-corrected chi connectivity index (χ0v) is 21.9. The van der Waals surface area contributed by atoms with E-state index < -0.39 is 0 Å². The van der Waals surface area contributed by atoms with Crippen LogP contribution in [0, 0.1) is 0 Å². The Balaban J connectivity index is 0.000000484. The van der Waals surface area contributed by atoms with Gasteiger partial charge < -0.3 is 24.7 Å². The second-order valence-electron chi connectivity index (χ2n) is 7.55. The number of alkyl halides is 1. The summed E-state index contributed by atoms with van der Waals surface area (Å²) in [6.07, 6.45) is 6.30. The van der Waals surface area contributed by atoms with E-state index in [1.807, 2.05) is 6.92 Å². The van der Waals surface area contributed by atoms with Crippen LogP contribution in [-0.4, -0.2) is 114 Å². The normalized spacial score (nSPS) is 17.4. The number of nitrogens with zero attached hydrogens (tertiary/aromatic N) is 2. The van der Waals surface area contributed by atoms with Gasteiger partial charge in [-0.05, 0) is 52.7 Å². The topological polar surface area (TPSA) is 69.4 Å². The van der Waals surface area contributed by atoms with Gasteiger partial charge in [0.25, 0.3) is 0 Å². The number of rotatable bonds is 14. The lowest BCUT2D eigenvalue weighted by atomic mass is 10.2. The van der Waals surface area contributed by atoms with Crippen LogP contribution in [0.25, 0.3) is 0 Å². The second-order valence-corrected chi connectivity index (χ2v) is 8.34. The maximum Gasteiger partial charge on any atom is 0.0594 e. The van der Waals surface area contributed by atoms with Gasteiger partial charge in [-0.1, -0.05) is 28.8 Å². The highest BCUT2D eigenvalue weighted by Gasteiger charge is 2.09. The fraction of sp³-hybridized carbons (Fsp3) is 1.00. The van der Waals surface area contributed by atoms with E-state index in [0.717, 1.165) is 104 Å². The van der Waals surface area contributed by atoms with Gasteiger partial charge in [0.1, 0.15) is 0 Å². The van der Waals surface area contributed by atoms with Gasteiger partial charge in [0, 0.05) is 51.3 Å². The Bertz CT molecular complexity index is 328. The maximum atomic E-state index is 5.39. The third-order valence-corrected chi connectivity index (χ3v) is 5.35. The van der Waals surface area contributed by atoms with Crippen LogP contribution in [0.1, 0.15) is 46.0 Å². The Morgan fingerprint density at radius 1 is 0.710 bits per heavy atom. The van der Waals surface area contributed by atoms with Crippen LogP contribution in [0.3, 0.4) is 0 Å². The van der Waals surface area contributed by atoms with E-state index in [1.54, 1.807) is 0 Å². The fourth-order valence-corrected chi connectivity index (χ4v) is 3.43. The summed E-state index contributed by atoms with van der Waals surface area (Å²) in [5.74, 6) is 0. The van der Waals surface area contributed by atoms with E-state index in [2.05, 4.69) is 32.7 Å². The number of ether oxygens (including phenoxy) is 4. The van der Waals surface area contributed by atoms with Crippen LogP contribution in [-0.2, 0) is 18.9 Å². The molecule has 0 aromatic heterocycles. The van der Waals surface area contributed by atoms with E-state index in [1.165, 1.54) is 32.2 Å². The number of hydrogen-bond acceptors (Lipinski definition) is 7. The Kier molecular flexibility index (Phi) is 26.6. The number of hydrogen-bond donors (Lipinski definition) is 1. The maximum absolute atomic E-state index is 5.39. The summed E-state index contributed by atoms with van der Waals surface area (Å²) >= 11 is 3.23. The van der Waals surface area contributed by atoms with Gasteiger partial charge >= 0.3 is 0 Å². The molecule has 2 heterocycles. The van der Waals surface area contributed by atoms with Crippen molar-refractivity contribution in [3.63, 3.8) is 0 Å². The van der Waals surface area contributed by atoms with Gasteiger partial charge in [-0.25, -0.2) is 0 Å². The molecule has 0 bridgehead atoms. The predicted molar refractivity (Wildman–Crippen MR) is 133 cm³/mol. The molecule has 7 nitrogen and oxygen atoms in total. The SMILES string of the molecule is CCOCCBr.CCOCCCCCCN1CCOCC1.NCCCN1CCOCC1. The average Bonchev–Trinajstić information content (AvgIpc) is 2.83. The molecule has 0 saturated carbocycles. The third kappa shape index (κ3) is 23.2. The van der Waals surface area contributed by atoms with Crippen molar-refractivity contribution < 1.29 is 18.9 Å². The molecule has 2 saturated heterocycles. The van der Waals surface area contributed by atoms with E-state index in [0.29, 0.717) is 0 Å². The molecule has 0 unspecified atom stereocenters. The van der Waals surface area contributed by atoms with Gasteiger partial charge in [-0.2, -0.15) is 0 Å². The second kappa shape index (κ2) is 26.5. The summed E-state index contributed by atoms with van der Waals surface area (Å²) in [4.78, 5) is 4.91. The van der Waals surface area contributed by atoms with Crippen LogP contribution in [0.15, 0.2) is 0 Å². The minimum absolute atomic E-state index is 0.803. The number of nitrogens with two attached hydrogens (primary N) is 1. The summed E-state index contributed by atoms with van der Waals surface area (Å²) in [6.45, 7) is 18.7. The molecular weight excluding hydrogens is 462 g/mol. The largest absolute Gasteiger partial charge is 0.382 e. The highest BCUT2D eigenvalue weighted by atomic mass is 79.9. The quantitative estimate of drug-likeness (QED) is 0.284. The van der Waals surface area contributed by atoms with Crippen molar-refractivity contribution in [1.29, 1.82) is 0 Å². The van der Waals surface area contributed by atoms with Crippen molar-refractivity contribution in [2.75, 3.05) is 104 Å². The van der Waals surface area contributed by atoms with Gasteiger partial charge in [0.15, 0.2) is 0 Å². The first-order valence-electron chi connectivity index (χ1n) is 12.3. The Morgan fingerprint density at radius 3 is 1.65 bits per heavy atom. The smallest absolute Gasteiger partial charge is 0.0594 e. The predicted octanol–water partition coefficient (Wildman–Crippen LogP) is 3.00. The van der Waals surface area contributed by atoms with E-state index in [-0.39, 0.29) is 0 Å². The molecular formula is C23H50BrN3O4. The van der Waals surface area contributed by atoms with Crippen molar-refractivity contribution in [2.24, 2.45) is 5.73 Å². The summed E-state index contributed by atoms with van der Waals surface area (Å²) in [6, 6.07) is 0. The van der Waals surface area contributed by atoms with Gasteiger partial charge in [-0.3, -0.25) is 9.80 Å². The number of halogens is 1. The Hall–Kier alpha value is 0.200. The summed E-state index contributed by atoms with van der Waals surface area (Å²) in [7, 11) is 0. The zero-order valence-electron chi connectivity index (χ0n) is 20.3. The molecule has 188 valence electrons. The van der Waals surface area contributed by atoms with Crippen molar-refractivity contribution in [2.45, 2.75) is 46.0 Å². The first-order chi connectivity index (χ1) is 15.3. The highest BCUT2D eigenvalue weighted by Crippen LogP contribution is 2.04. The summed E-state index contributed by atoms with van der Waals surface area (Å²) < 4.78 is 20.8. The molecule has 0 amide bonds. The summed E-state index contributed by atoms with van der Waals surface area (Å²) in [5.41, 5.74) is 5.39. The lowest BCUT2D eigenvalue weighted by Crippen LogP contribution is -2.37. The van der Waals surface area contributed by atoms with E-state index >= 15 is 0 Å². The molecule has 31 heavy (non-hydrogen) atoms. The molecule has 2 aliphatic rings. The molecule has 0 aromatic carbocycles. The highest BCUT2D eigenvalue weighted by molar-refractivity contribution is 9.09. The molecule has 2 aliphatic heterocycles. The molecule has 0 atom stereocenters. The molecule has 0 spiro atoms. The standard InChI is InChI=1S/C12H25NO2.C7H16N2O.C4H9BrO/c1-2-14-10-6-4-3-5-7-13-8-11-15-12-9-13;8-2-1-3-9-4-6-10-7-5-9;1-2-6-4-3-5/h2-12H2,1H3;1-8H2;2-4H2,1H3. The third-order valence-electron chi connectivity index (χ3n) is 5.03. The minimum Gasteiger partial charge on any atom is -0.382 e. The molecule has 2 N–H and O–H groups in total. The molecule has 8 heteroatoms. The van der Waals surface area contributed by atoms with Crippen LogP contribution in [0.5, 0.6) is 0 Å². The average molecular weight is 513 g/mol. The fourth-order valence-electron chi connectivity index (χ4n) is 3.20. The number of morpholine rings is 2. The van der Waals surface area contributed by atoms with Gasteiger partial charge in [0.05, 0.1) is 33.0 Å². The van der Waals surface area contributed by atoms with Crippen LogP contribution < -0.4 is 5.73 Å². The molecule has 0 aromatic rings. The van der Waals surface area contributed by atoms with E-state index in [4.69, 9.17) is 24.7 Å². The van der Waals surface area contributed by atoms with Crippen molar-refractivity contribution in [1.82, 2.24) is 9.80 Å². The lowest BCUT2D eigenvalue weighted by molar-refractivity contribution is 0.0370. The monoisotopic (exact) mass is 511 g/mol. The molecule has 2 fully saturated rings. The van der Waals surface area contributed by atoms with Crippen molar-refractivity contribution in [3.8, 4) is 0 Å². The van der Waals surface area contributed by atoms with Crippen LogP contribution >= 0.6 is 15.9 Å². The lowest BCUT2D eigenvalue weighted by Gasteiger charge is -2.26. The summed E-state index contributed by atoms with van der Waals surface area (Å²) in [5, 5.41) is 0.945. The van der Waals surface area contributed by atoms with Crippen molar-refractivity contribution >= 4 is 15.9 Å². The first kappa shape index (κ1) is 31.2. The molecule has 0 radical (unpaired) electrons. The Morgan fingerprint density at radius 2 is 1.19 bits per heavy atom. The van der Waals surface area contributed by atoms with Gasteiger partial charge in [0.2, 0.25) is 0 Å². The van der Waals surface area contributed by atoms with Crippen LogP contribution in [0.2, 0.25) is 0 Å². The van der Waals surface area contributed by atoms with Crippen LogP contribution in [0.4, 0.5) is 0 Å². The van der Waals surface area contributed by atoms with Gasteiger partial charge in [-0.15, -0.1) is 0 Å². The molecule has 2 rings (SSSR count). The molecule has 0 aliphatic carbocycles. The van der Waals surface area contributed by atoms with Crippen molar-refractivity contribution in [3.05, 3.63) is 0 Å². The Labute approximate surface area is 200 Å². The zero-order chi connectivity index (χ0) is 22.8. The number of unbranched alkanes of at least 4 members (excludes halogenated alkanes) is 3. The minimum atomic E-state index is 0.803.